The largest absolute Gasteiger partial charge is 0.485 e. The molecule has 0 radical (unpaired) electrons. The molecule has 6 aromatic rings. The Morgan fingerprint density at radius 3 is 2.55 bits per heavy atom. The van der Waals surface area contributed by atoms with Gasteiger partial charge in [0.2, 0.25) is 0 Å². The van der Waals surface area contributed by atoms with Crippen LogP contribution in [-0.2, 0) is 6.61 Å². The Morgan fingerprint density at radius 1 is 0.950 bits per heavy atom. The van der Waals surface area contributed by atoms with E-state index in [4.69, 9.17) is 19.8 Å². The fourth-order valence-electron chi connectivity index (χ4n) is 4.24. The van der Waals surface area contributed by atoms with Gasteiger partial charge in [0, 0.05) is 23.2 Å². The molecule has 3 aromatic heterocycles. The molecule has 0 saturated carbocycles. The van der Waals surface area contributed by atoms with E-state index in [9.17, 15) is 5.11 Å². The number of aromatic nitrogens is 5. The van der Waals surface area contributed by atoms with Crippen LogP contribution in [0.3, 0.4) is 0 Å². The lowest BCUT2D eigenvalue weighted by molar-refractivity contribution is 0.221. The summed E-state index contributed by atoms with van der Waals surface area (Å²) in [6, 6.07) is 29.8. The SMILES string of the molecule is C=C(C#N)C(O)c1ccc(Oc2ccc3c(OCc4nnc5ccc(-c6ccccc6)nn45)ccnc3c2)cc1. The van der Waals surface area contributed by atoms with Crippen molar-refractivity contribution < 1.29 is 14.6 Å². The predicted molar refractivity (Wildman–Crippen MR) is 149 cm³/mol. The maximum Gasteiger partial charge on any atom is 0.192 e. The molecule has 0 saturated heterocycles. The zero-order valence-electron chi connectivity index (χ0n) is 21.2. The molecule has 3 aromatic carbocycles. The van der Waals surface area contributed by atoms with E-state index in [1.165, 1.54) is 0 Å². The molecule has 0 aliphatic heterocycles. The van der Waals surface area contributed by atoms with Crippen LogP contribution < -0.4 is 9.47 Å². The first-order valence-electron chi connectivity index (χ1n) is 12.4. The molecule has 3 heterocycles. The number of pyridine rings is 1. The van der Waals surface area contributed by atoms with Gasteiger partial charge in [0.25, 0.3) is 0 Å². The van der Waals surface area contributed by atoms with Gasteiger partial charge in [-0.25, -0.2) is 0 Å². The Morgan fingerprint density at radius 2 is 1.75 bits per heavy atom. The second-order valence-corrected chi connectivity index (χ2v) is 8.96. The normalized spacial score (nSPS) is 11.7. The monoisotopic (exact) mass is 526 g/mol. The molecule has 0 aliphatic carbocycles. The molecule has 6 rings (SSSR count). The first-order chi connectivity index (χ1) is 19.6. The van der Waals surface area contributed by atoms with E-state index in [2.05, 4.69) is 21.8 Å². The van der Waals surface area contributed by atoms with Gasteiger partial charge in [-0.3, -0.25) is 4.98 Å². The zero-order valence-corrected chi connectivity index (χ0v) is 21.2. The van der Waals surface area contributed by atoms with E-state index in [0.717, 1.165) is 16.6 Å². The molecule has 40 heavy (non-hydrogen) atoms. The molecule has 0 aliphatic rings. The molecule has 9 heteroatoms. The van der Waals surface area contributed by atoms with Crippen molar-refractivity contribution in [2.24, 2.45) is 0 Å². The van der Waals surface area contributed by atoms with Crippen LogP contribution >= 0.6 is 0 Å². The van der Waals surface area contributed by atoms with Crippen LogP contribution in [0, 0.1) is 11.3 Å². The Kier molecular flexibility index (Phi) is 6.58. The molecule has 1 unspecified atom stereocenters. The van der Waals surface area contributed by atoms with Gasteiger partial charge in [-0.15, -0.1) is 10.2 Å². The van der Waals surface area contributed by atoms with Gasteiger partial charge in [-0.05, 0) is 48.0 Å². The minimum absolute atomic E-state index is 0.0812. The van der Waals surface area contributed by atoms with Crippen LogP contribution in [0.25, 0.3) is 27.8 Å². The highest BCUT2D eigenvalue weighted by Gasteiger charge is 2.13. The molecular weight excluding hydrogens is 504 g/mol. The third kappa shape index (κ3) is 4.95. The van der Waals surface area contributed by atoms with Crippen molar-refractivity contribution in [2.45, 2.75) is 12.7 Å². The smallest absolute Gasteiger partial charge is 0.192 e. The number of aliphatic hydroxyl groups excluding tert-OH is 1. The number of fused-ring (bicyclic) bond motifs is 2. The van der Waals surface area contributed by atoms with Gasteiger partial charge < -0.3 is 14.6 Å². The van der Waals surface area contributed by atoms with Crippen LogP contribution in [0.15, 0.2) is 109 Å². The van der Waals surface area contributed by atoms with Gasteiger partial charge in [0.15, 0.2) is 11.5 Å². The van der Waals surface area contributed by atoms with Crippen LogP contribution in [0.4, 0.5) is 0 Å². The molecule has 194 valence electrons. The lowest BCUT2D eigenvalue weighted by Crippen LogP contribution is -2.05. The Balaban J connectivity index is 1.19. The van der Waals surface area contributed by atoms with Crippen molar-refractivity contribution in [3.05, 3.63) is 121 Å². The van der Waals surface area contributed by atoms with E-state index in [1.807, 2.05) is 66.7 Å². The predicted octanol–water partition coefficient (Wildman–Crippen LogP) is 5.82. The molecule has 1 N–H and O–H groups in total. The first-order valence-corrected chi connectivity index (χ1v) is 12.4. The number of nitriles is 1. The second kappa shape index (κ2) is 10.6. The molecule has 9 nitrogen and oxygen atoms in total. The van der Waals surface area contributed by atoms with Gasteiger partial charge in [0.1, 0.15) is 30.0 Å². The van der Waals surface area contributed by atoms with Crippen LogP contribution in [-0.4, -0.2) is 29.9 Å². The summed E-state index contributed by atoms with van der Waals surface area (Å²) in [5.41, 5.74) is 3.79. The first kappa shape index (κ1) is 24.7. The number of aliphatic hydroxyl groups is 1. The van der Waals surface area contributed by atoms with Crippen LogP contribution in [0.1, 0.15) is 17.5 Å². The topological polar surface area (TPSA) is 118 Å². The van der Waals surface area contributed by atoms with Gasteiger partial charge in [-0.1, -0.05) is 49.0 Å². The quantitative estimate of drug-likeness (QED) is 0.246. The molecule has 0 amide bonds. The standard InChI is InChI=1S/C31H22N6O3/c1-20(18-32)31(38)22-7-9-23(10-8-22)40-24-11-12-25-27(17-24)33-16-15-28(25)39-19-30-35-34-29-14-13-26(36-37(29)30)21-5-3-2-4-6-21/h2-17,31,38H,1,19H2. The van der Waals surface area contributed by atoms with Crippen molar-refractivity contribution in [2.75, 3.05) is 0 Å². The van der Waals surface area contributed by atoms with Crippen LogP contribution in [0.5, 0.6) is 17.2 Å². The Hall–Kier alpha value is -5.59. The van der Waals surface area contributed by atoms with E-state index >= 15 is 0 Å². The summed E-state index contributed by atoms with van der Waals surface area (Å²) in [4.78, 5) is 4.47. The van der Waals surface area contributed by atoms with E-state index in [0.29, 0.717) is 39.8 Å². The summed E-state index contributed by atoms with van der Waals surface area (Å²) in [6.07, 6.45) is 0.632. The molecule has 1 atom stereocenters. The summed E-state index contributed by atoms with van der Waals surface area (Å²) >= 11 is 0. The van der Waals surface area contributed by atoms with Crippen molar-refractivity contribution in [3.63, 3.8) is 0 Å². The van der Waals surface area contributed by atoms with Gasteiger partial charge in [0.05, 0.1) is 22.9 Å². The maximum atomic E-state index is 10.1. The maximum absolute atomic E-state index is 10.1. The minimum atomic E-state index is -1.04. The second-order valence-electron chi connectivity index (χ2n) is 8.96. The number of nitrogens with zero attached hydrogens (tertiary/aromatic N) is 6. The summed E-state index contributed by atoms with van der Waals surface area (Å²) in [5, 5.41) is 33.1. The number of hydrogen-bond acceptors (Lipinski definition) is 8. The molecule has 0 spiro atoms. The Labute approximate surface area is 229 Å². The summed E-state index contributed by atoms with van der Waals surface area (Å²) in [6.45, 7) is 3.73. The number of hydrogen-bond donors (Lipinski definition) is 1. The summed E-state index contributed by atoms with van der Waals surface area (Å²) in [5.74, 6) is 2.38. The third-order valence-electron chi connectivity index (χ3n) is 6.33. The molecule has 0 bridgehead atoms. The van der Waals surface area contributed by atoms with E-state index in [-0.39, 0.29) is 12.2 Å². The highest BCUT2D eigenvalue weighted by molar-refractivity contribution is 5.86. The van der Waals surface area contributed by atoms with Crippen molar-refractivity contribution in [3.8, 4) is 34.6 Å². The Bertz CT molecular complexity index is 1880. The average molecular weight is 527 g/mol. The fourth-order valence-corrected chi connectivity index (χ4v) is 4.24. The minimum Gasteiger partial charge on any atom is -0.485 e. The van der Waals surface area contributed by atoms with Crippen molar-refractivity contribution in [1.82, 2.24) is 24.8 Å². The van der Waals surface area contributed by atoms with Gasteiger partial charge >= 0.3 is 0 Å². The highest BCUT2D eigenvalue weighted by atomic mass is 16.5. The highest BCUT2D eigenvalue weighted by Crippen LogP contribution is 2.31. The number of ether oxygens (including phenoxy) is 2. The zero-order chi connectivity index (χ0) is 27.5. The number of benzene rings is 3. The lowest BCUT2D eigenvalue weighted by Gasteiger charge is -2.12. The average Bonchev–Trinajstić information content (AvgIpc) is 3.42. The van der Waals surface area contributed by atoms with E-state index in [1.54, 1.807) is 41.0 Å². The van der Waals surface area contributed by atoms with Gasteiger partial charge in [-0.2, -0.15) is 14.9 Å². The van der Waals surface area contributed by atoms with E-state index < -0.39 is 6.10 Å². The molecule has 0 fully saturated rings. The molecular formula is C31H22N6O3. The van der Waals surface area contributed by atoms with Crippen molar-refractivity contribution >= 4 is 16.6 Å². The summed E-state index contributed by atoms with van der Waals surface area (Å²) in [7, 11) is 0. The summed E-state index contributed by atoms with van der Waals surface area (Å²) < 4.78 is 13.8. The van der Waals surface area contributed by atoms with Crippen molar-refractivity contribution in [1.29, 1.82) is 5.26 Å². The number of rotatable bonds is 8. The third-order valence-corrected chi connectivity index (χ3v) is 6.33. The lowest BCUT2D eigenvalue weighted by atomic mass is 10.0. The van der Waals surface area contributed by atoms with Crippen LogP contribution in [0.2, 0.25) is 0 Å². The fraction of sp³-hybridized carbons (Fsp3) is 0.0645.